The number of hydrogen-bond donors (Lipinski definition) is 0. The Kier molecular flexibility index (Phi) is 1.88. The van der Waals surface area contributed by atoms with Crippen molar-refractivity contribution in [3.8, 4) is 0 Å². The largest absolute Gasteiger partial charge is 0.493 e. The van der Waals surface area contributed by atoms with E-state index < -0.39 is 0 Å². The zero-order valence-electron chi connectivity index (χ0n) is 7.03. The topological polar surface area (TPSA) is 52.4 Å². The van der Waals surface area contributed by atoms with E-state index in [2.05, 4.69) is 0 Å². The third kappa shape index (κ3) is 1.47. The van der Waals surface area contributed by atoms with E-state index in [1.54, 1.807) is 6.08 Å². The third-order valence-electron chi connectivity index (χ3n) is 2.14. The molecular weight excluding hydrogens is 170 g/mol. The molecule has 0 atom stereocenters. The Morgan fingerprint density at radius 3 is 3.08 bits per heavy atom. The van der Waals surface area contributed by atoms with E-state index in [1.165, 1.54) is 0 Å². The van der Waals surface area contributed by atoms with Crippen LogP contribution in [0.3, 0.4) is 0 Å². The van der Waals surface area contributed by atoms with Crippen LogP contribution in [0.2, 0.25) is 0 Å². The predicted molar refractivity (Wildman–Crippen MR) is 46.4 cm³/mol. The van der Waals surface area contributed by atoms with Gasteiger partial charge in [0.2, 0.25) is 5.70 Å². The molecule has 0 amide bonds. The minimum absolute atomic E-state index is 0.272. The molecule has 0 aromatic rings. The van der Waals surface area contributed by atoms with Gasteiger partial charge < -0.3 is 4.74 Å². The molecule has 0 spiro atoms. The lowest BCUT2D eigenvalue weighted by Crippen LogP contribution is -2.09. The lowest BCUT2D eigenvalue weighted by Gasteiger charge is -2.17. The second-order valence-corrected chi connectivity index (χ2v) is 2.98. The van der Waals surface area contributed by atoms with E-state index in [0.29, 0.717) is 19.4 Å². The van der Waals surface area contributed by atoms with Crippen molar-refractivity contribution < 1.29 is 9.66 Å². The number of nitrogens with zero attached hydrogens (tertiary/aromatic N) is 1. The van der Waals surface area contributed by atoms with Crippen molar-refractivity contribution in [1.82, 2.24) is 0 Å². The number of nitro groups is 1. The van der Waals surface area contributed by atoms with Gasteiger partial charge in [-0.2, -0.15) is 0 Å². The van der Waals surface area contributed by atoms with Crippen LogP contribution in [0.25, 0.3) is 0 Å². The first-order valence-corrected chi connectivity index (χ1v) is 4.15. The normalized spacial score (nSPS) is 20.5. The van der Waals surface area contributed by atoms with Crippen molar-refractivity contribution in [2.24, 2.45) is 0 Å². The van der Waals surface area contributed by atoms with Gasteiger partial charge in [-0.3, -0.25) is 10.1 Å². The summed E-state index contributed by atoms with van der Waals surface area (Å²) < 4.78 is 5.34. The number of ether oxygens (including phenoxy) is 1. The summed E-state index contributed by atoms with van der Waals surface area (Å²) >= 11 is 0. The minimum atomic E-state index is -0.327. The molecule has 4 heteroatoms. The highest BCUT2D eigenvalue weighted by Gasteiger charge is 2.21. The van der Waals surface area contributed by atoms with Crippen molar-refractivity contribution in [1.29, 1.82) is 0 Å². The van der Waals surface area contributed by atoms with E-state index in [9.17, 15) is 10.1 Å². The van der Waals surface area contributed by atoms with Gasteiger partial charge in [-0.05, 0) is 6.08 Å². The van der Waals surface area contributed by atoms with Gasteiger partial charge in [-0.15, -0.1) is 0 Å². The molecule has 0 N–H and O–H groups in total. The Hall–Kier alpha value is -1.58. The van der Waals surface area contributed by atoms with E-state index in [0.717, 1.165) is 11.3 Å². The highest BCUT2D eigenvalue weighted by Crippen LogP contribution is 2.27. The van der Waals surface area contributed by atoms with Gasteiger partial charge in [0.25, 0.3) is 0 Å². The Bertz CT molecular complexity index is 339. The highest BCUT2D eigenvalue weighted by molar-refractivity contribution is 5.39. The van der Waals surface area contributed by atoms with E-state index in [4.69, 9.17) is 4.74 Å². The first-order chi connectivity index (χ1) is 6.27. The summed E-state index contributed by atoms with van der Waals surface area (Å²) in [7, 11) is 0. The maximum absolute atomic E-state index is 10.5. The van der Waals surface area contributed by atoms with Crippen LogP contribution in [-0.4, -0.2) is 11.5 Å². The van der Waals surface area contributed by atoms with E-state index in [-0.39, 0.29) is 10.6 Å². The van der Waals surface area contributed by atoms with Gasteiger partial charge in [0.05, 0.1) is 4.92 Å². The molecule has 1 aliphatic carbocycles. The summed E-state index contributed by atoms with van der Waals surface area (Å²) in [6, 6.07) is 0. The average Bonchev–Trinajstić information content (AvgIpc) is 2.17. The molecule has 13 heavy (non-hydrogen) atoms. The second kappa shape index (κ2) is 3.05. The summed E-state index contributed by atoms with van der Waals surface area (Å²) in [4.78, 5) is 10.2. The van der Waals surface area contributed by atoms with Crippen LogP contribution < -0.4 is 0 Å². The van der Waals surface area contributed by atoms with E-state index >= 15 is 0 Å². The summed E-state index contributed by atoms with van der Waals surface area (Å²) in [5, 5.41) is 10.5. The fourth-order valence-corrected chi connectivity index (χ4v) is 1.48. The van der Waals surface area contributed by atoms with Gasteiger partial charge in [-0.1, -0.05) is 6.08 Å². The molecule has 4 nitrogen and oxygen atoms in total. The first kappa shape index (κ1) is 8.04. The van der Waals surface area contributed by atoms with Crippen molar-refractivity contribution in [3.05, 3.63) is 45.4 Å². The Labute approximate surface area is 75.3 Å². The summed E-state index contributed by atoms with van der Waals surface area (Å²) in [6.07, 6.45) is 6.44. The molecule has 1 aliphatic heterocycles. The summed E-state index contributed by atoms with van der Waals surface area (Å²) in [5.41, 5.74) is 1.12. The van der Waals surface area contributed by atoms with Crippen molar-refractivity contribution in [2.45, 2.75) is 12.8 Å². The fourth-order valence-electron chi connectivity index (χ4n) is 1.48. The van der Waals surface area contributed by atoms with Crippen LogP contribution >= 0.6 is 0 Å². The van der Waals surface area contributed by atoms with Gasteiger partial charge in [0.15, 0.2) is 0 Å². The molecular formula is C9H9NO3. The number of allylic oxidation sites excluding steroid dienone is 5. The van der Waals surface area contributed by atoms with Crippen LogP contribution in [0.5, 0.6) is 0 Å². The molecule has 0 radical (unpaired) electrons. The Morgan fingerprint density at radius 1 is 1.46 bits per heavy atom. The van der Waals surface area contributed by atoms with Gasteiger partial charge in [0.1, 0.15) is 12.4 Å². The standard InChI is InChI=1S/C9H9NO3/c11-10(12)8-3-4-9-7(6-8)2-1-5-13-9/h1-2,6H,3-5H2. The quantitative estimate of drug-likeness (QED) is 0.455. The predicted octanol–water partition coefficient (Wildman–Crippen LogP) is 1.78. The first-order valence-electron chi connectivity index (χ1n) is 4.15. The molecule has 0 unspecified atom stereocenters. The van der Waals surface area contributed by atoms with Crippen LogP contribution in [0.1, 0.15) is 12.8 Å². The lowest BCUT2D eigenvalue weighted by molar-refractivity contribution is -0.428. The van der Waals surface area contributed by atoms with Crippen LogP contribution in [0.4, 0.5) is 0 Å². The van der Waals surface area contributed by atoms with Crippen LogP contribution in [-0.2, 0) is 4.74 Å². The van der Waals surface area contributed by atoms with Crippen molar-refractivity contribution >= 4 is 0 Å². The molecule has 0 aromatic heterocycles. The average molecular weight is 179 g/mol. The summed E-state index contributed by atoms with van der Waals surface area (Å²) in [6.45, 7) is 0.584. The maximum atomic E-state index is 10.5. The van der Waals surface area contributed by atoms with Gasteiger partial charge in [-0.25, -0.2) is 0 Å². The number of hydrogen-bond acceptors (Lipinski definition) is 3. The molecule has 2 aliphatic rings. The monoisotopic (exact) mass is 179 g/mol. The second-order valence-electron chi connectivity index (χ2n) is 2.98. The lowest BCUT2D eigenvalue weighted by atomic mass is 10.0. The smallest absolute Gasteiger partial charge is 0.247 e. The highest BCUT2D eigenvalue weighted by atomic mass is 16.6. The van der Waals surface area contributed by atoms with Gasteiger partial charge in [0, 0.05) is 24.5 Å². The third-order valence-corrected chi connectivity index (χ3v) is 2.14. The molecule has 0 saturated heterocycles. The van der Waals surface area contributed by atoms with E-state index in [1.807, 2.05) is 12.2 Å². The molecule has 0 fully saturated rings. The molecule has 0 saturated carbocycles. The van der Waals surface area contributed by atoms with Crippen LogP contribution in [0, 0.1) is 10.1 Å². The molecule has 68 valence electrons. The molecule has 2 rings (SSSR count). The SMILES string of the molecule is O=[N+]([O-])C1=CC2=C(CC1)OCC=C2. The zero-order valence-corrected chi connectivity index (χ0v) is 7.03. The minimum Gasteiger partial charge on any atom is -0.493 e. The molecule has 1 heterocycles. The van der Waals surface area contributed by atoms with Crippen LogP contribution in [0.15, 0.2) is 35.3 Å². The fraction of sp³-hybridized carbons (Fsp3) is 0.333. The summed E-state index contributed by atoms with van der Waals surface area (Å²) in [5.74, 6) is 0.883. The molecule has 0 aromatic carbocycles. The zero-order chi connectivity index (χ0) is 9.26. The number of rotatable bonds is 1. The maximum Gasteiger partial charge on any atom is 0.247 e. The van der Waals surface area contributed by atoms with Gasteiger partial charge >= 0.3 is 0 Å². The Balaban J connectivity index is 2.31. The van der Waals surface area contributed by atoms with Crippen molar-refractivity contribution in [2.75, 3.05) is 6.61 Å². The molecule has 0 bridgehead atoms. The van der Waals surface area contributed by atoms with Crippen molar-refractivity contribution in [3.63, 3.8) is 0 Å². The Morgan fingerprint density at radius 2 is 2.31 bits per heavy atom.